The minimum atomic E-state index is -1.04. The molecule has 0 spiro atoms. The number of hydrogen-bond donors (Lipinski definition) is 1. The standard InChI is InChI=1S/C21H23F2NO3/c1-14-3-5-17(11-15(14)2)27-13-21(26)7-9-24(10-8-21)20(25)18-6-4-16(22)12-19(18)23/h3-6,11-12,26H,7-10,13H2,1-2H3. The van der Waals surface area contributed by atoms with Crippen LogP contribution >= 0.6 is 0 Å². The van der Waals surface area contributed by atoms with E-state index in [-0.39, 0.29) is 25.3 Å². The zero-order chi connectivity index (χ0) is 19.6. The number of likely N-dealkylation sites (tertiary alicyclic amines) is 1. The van der Waals surface area contributed by atoms with Gasteiger partial charge < -0.3 is 14.7 Å². The molecule has 1 amide bonds. The molecule has 0 unspecified atom stereocenters. The number of nitrogens with zero attached hydrogens (tertiary/aromatic N) is 1. The molecule has 144 valence electrons. The lowest BCUT2D eigenvalue weighted by molar-refractivity contribution is -0.0476. The van der Waals surface area contributed by atoms with Crippen LogP contribution in [0.4, 0.5) is 8.78 Å². The Bertz CT molecular complexity index is 845. The zero-order valence-corrected chi connectivity index (χ0v) is 15.5. The SMILES string of the molecule is Cc1ccc(OCC2(O)CCN(C(=O)c3ccc(F)cc3F)CC2)cc1C. The van der Waals surface area contributed by atoms with Crippen LogP contribution in [0.1, 0.15) is 34.3 Å². The van der Waals surface area contributed by atoms with Crippen molar-refractivity contribution in [1.29, 1.82) is 0 Å². The van der Waals surface area contributed by atoms with Crippen molar-refractivity contribution in [2.24, 2.45) is 0 Å². The third-order valence-electron chi connectivity index (χ3n) is 5.13. The molecule has 0 radical (unpaired) electrons. The highest BCUT2D eigenvalue weighted by atomic mass is 19.1. The Hall–Kier alpha value is -2.47. The van der Waals surface area contributed by atoms with Gasteiger partial charge in [-0.2, -0.15) is 0 Å². The van der Waals surface area contributed by atoms with E-state index < -0.39 is 23.1 Å². The van der Waals surface area contributed by atoms with Crippen LogP contribution in [-0.4, -0.2) is 41.2 Å². The number of piperidine rings is 1. The molecule has 3 rings (SSSR count). The van der Waals surface area contributed by atoms with Crippen LogP contribution in [0.3, 0.4) is 0 Å². The Morgan fingerprint density at radius 2 is 1.81 bits per heavy atom. The summed E-state index contributed by atoms with van der Waals surface area (Å²) >= 11 is 0. The van der Waals surface area contributed by atoms with Crippen molar-refractivity contribution >= 4 is 5.91 Å². The number of halogens is 2. The number of ether oxygens (including phenoxy) is 1. The number of carbonyl (C=O) groups excluding carboxylic acids is 1. The number of aliphatic hydroxyl groups is 1. The van der Waals surface area contributed by atoms with Gasteiger partial charge in [0, 0.05) is 19.2 Å². The van der Waals surface area contributed by atoms with Gasteiger partial charge in [-0.05, 0) is 62.1 Å². The summed E-state index contributed by atoms with van der Waals surface area (Å²) in [6.07, 6.45) is 0.652. The van der Waals surface area contributed by atoms with Gasteiger partial charge in [0.15, 0.2) is 0 Å². The lowest BCUT2D eigenvalue weighted by Crippen LogP contribution is -2.49. The second-order valence-corrected chi connectivity index (χ2v) is 7.18. The predicted octanol–water partition coefficient (Wildman–Crippen LogP) is 3.63. The minimum Gasteiger partial charge on any atom is -0.491 e. The lowest BCUT2D eigenvalue weighted by Gasteiger charge is -2.38. The predicted molar refractivity (Wildman–Crippen MR) is 97.9 cm³/mol. The smallest absolute Gasteiger partial charge is 0.256 e. The van der Waals surface area contributed by atoms with E-state index >= 15 is 0 Å². The van der Waals surface area contributed by atoms with E-state index in [1.165, 1.54) is 10.5 Å². The van der Waals surface area contributed by atoms with E-state index in [1.807, 2.05) is 32.0 Å². The van der Waals surface area contributed by atoms with Crippen LogP contribution in [0.25, 0.3) is 0 Å². The van der Waals surface area contributed by atoms with Gasteiger partial charge in [0.1, 0.15) is 29.6 Å². The van der Waals surface area contributed by atoms with Crippen LogP contribution in [0.15, 0.2) is 36.4 Å². The third kappa shape index (κ3) is 4.45. The molecule has 0 atom stereocenters. The van der Waals surface area contributed by atoms with E-state index in [0.29, 0.717) is 24.7 Å². The summed E-state index contributed by atoms with van der Waals surface area (Å²) in [7, 11) is 0. The van der Waals surface area contributed by atoms with Crippen molar-refractivity contribution in [1.82, 2.24) is 4.90 Å². The van der Waals surface area contributed by atoms with Crippen molar-refractivity contribution in [3.05, 3.63) is 64.7 Å². The average Bonchev–Trinajstić information content (AvgIpc) is 2.63. The Morgan fingerprint density at radius 3 is 2.44 bits per heavy atom. The highest BCUT2D eigenvalue weighted by molar-refractivity contribution is 5.94. The van der Waals surface area contributed by atoms with Crippen LogP contribution in [0.5, 0.6) is 5.75 Å². The van der Waals surface area contributed by atoms with Crippen LogP contribution < -0.4 is 4.74 Å². The molecule has 0 aliphatic carbocycles. The van der Waals surface area contributed by atoms with Gasteiger partial charge in [0.25, 0.3) is 5.91 Å². The summed E-state index contributed by atoms with van der Waals surface area (Å²) in [6, 6.07) is 8.67. The van der Waals surface area contributed by atoms with Gasteiger partial charge in [0.2, 0.25) is 0 Å². The van der Waals surface area contributed by atoms with Crippen molar-refractivity contribution < 1.29 is 23.4 Å². The van der Waals surface area contributed by atoms with Gasteiger partial charge >= 0.3 is 0 Å². The van der Waals surface area contributed by atoms with Gasteiger partial charge in [-0.3, -0.25) is 4.79 Å². The fourth-order valence-corrected chi connectivity index (χ4v) is 3.13. The van der Waals surface area contributed by atoms with Gasteiger partial charge in [-0.1, -0.05) is 6.07 Å². The molecule has 1 aliphatic heterocycles. The maximum Gasteiger partial charge on any atom is 0.256 e. The third-order valence-corrected chi connectivity index (χ3v) is 5.13. The largest absolute Gasteiger partial charge is 0.491 e. The van der Waals surface area contributed by atoms with Crippen LogP contribution in [-0.2, 0) is 0 Å². The Balaban J connectivity index is 1.58. The molecule has 27 heavy (non-hydrogen) atoms. The molecule has 0 bridgehead atoms. The lowest BCUT2D eigenvalue weighted by atomic mass is 9.92. The summed E-state index contributed by atoms with van der Waals surface area (Å²) in [4.78, 5) is 13.9. The Kier molecular flexibility index (Phi) is 5.46. The highest BCUT2D eigenvalue weighted by Crippen LogP contribution is 2.26. The minimum absolute atomic E-state index is 0.127. The van der Waals surface area contributed by atoms with Crippen LogP contribution in [0.2, 0.25) is 0 Å². The molecular weight excluding hydrogens is 352 g/mol. The molecule has 4 nitrogen and oxygen atoms in total. The van der Waals surface area contributed by atoms with Crippen molar-refractivity contribution in [3.8, 4) is 5.75 Å². The number of rotatable bonds is 4. The monoisotopic (exact) mass is 375 g/mol. The summed E-state index contributed by atoms with van der Waals surface area (Å²) < 4.78 is 32.6. The first kappa shape index (κ1) is 19.3. The number of amides is 1. The molecular formula is C21H23F2NO3. The average molecular weight is 375 g/mol. The fourth-order valence-electron chi connectivity index (χ4n) is 3.13. The second-order valence-electron chi connectivity index (χ2n) is 7.18. The van der Waals surface area contributed by atoms with Gasteiger partial charge in [-0.15, -0.1) is 0 Å². The first-order valence-electron chi connectivity index (χ1n) is 8.94. The Morgan fingerprint density at radius 1 is 1.11 bits per heavy atom. The van der Waals surface area contributed by atoms with E-state index in [0.717, 1.165) is 17.7 Å². The van der Waals surface area contributed by atoms with E-state index in [2.05, 4.69) is 0 Å². The molecule has 1 N–H and O–H groups in total. The molecule has 1 saturated heterocycles. The van der Waals surface area contributed by atoms with E-state index in [4.69, 9.17) is 4.74 Å². The zero-order valence-electron chi connectivity index (χ0n) is 15.5. The Labute approximate surface area is 157 Å². The molecule has 1 aliphatic rings. The number of hydrogen-bond acceptors (Lipinski definition) is 3. The summed E-state index contributed by atoms with van der Waals surface area (Å²) in [5, 5.41) is 10.7. The fraction of sp³-hybridized carbons (Fsp3) is 0.381. The van der Waals surface area contributed by atoms with E-state index in [1.54, 1.807) is 0 Å². The number of carbonyl (C=O) groups is 1. The first-order valence-corrected chi connectivity index (χ1v) is 8.94. The number of benzene rings is 2. The van der Waals surface area contributed by atoms with Crippen molar-refractivity contribution in [2.75, 3.05) is 19.7 Å². The highest BCUT2D eigenvalue weighted by Gasteiger charge is 2.35. The van der Waals surface area contributed by atoms with Gasteiger partial charge in [-0.25, -0.2) is 8.78 Å². The molecule has 6 heteroatoms. The summed E-state index contributed by atoms with van der Waals surface area (Å²) in [6.45, 7) is 4.70. The number of aryl methyl sites for hydroxylation is 2. The van der Waals surface area contributed by atoms with Crippen LogP contribution in [0, 0.1) is 25.5 Å². The quantitative estimate of drug-likeness (QED) is 0.888. The maximum atomic E-state index is 13.8. The van der Waals surface area contributed by atoms with Gasteiger partial charge in [0.05, 0.1) is 5.56 Å². The van der Waals surface area contributed by atoms with E-state index in [9.17, 15) is 18.7 Å². The topological polar surface area (TPSA) is 49.8 Å². The molecule has 2 aromatic carbocycles. The molecule has 0 saturated carbocycles. The second kappa shape index (κ2) is 7.64. The molecule has 1 fully saturated rings. The molecule has 0 aromatic heterocycles. The van der Waals surface area contributed by atoms with Crippen molar-refractivity contribution in [3.63, 3.8) is 0 Å². The van der Waals surface area contributed by atoms with Crippen molar-refractivity contribution in [2.45, 2.75) is 32.3 Å². The normalized spacial score (nSPS) is 16.3. The molecule has 2 aromatic rings. The first-order chi connectivity index (χ1) is 12.8. The maximum absolute atomic E-state index is 13.8. The molecule has 1 heterocycles. The summed E-state index contributed by atoms with van der Waals surface area (Å²) in [5.74, 6) is -1.40. The summed E-state index contributed by atoms with van der Waals surface area (Å²) in [5.41, 5.74) is 1.08.